The Kier molecular flexibility index (Phi) is 5.45. The molecule has 1 aromatic rings. The number of hydrogen-bond acceptors (Lipinski definition) is 5. The first kappa shape index (κ1) is 15.3. The third kappa shape index (κ3) is 3.53. The second kappa shape index (κ2) is 7.10. The minimum Gasteiger partial charge on any atom is -0.478 e. The molecule has 5 nitrogen and oxygen atoms in total. The number of thiophene rings is 1. The summed E-state index contributed by atoms with van der Waals surface area (Å²) < 4.78 is 4.91. The van der Waals surface area contributed by atoms with Crippen LogP contribution in [0, 0.1) is 0 Å². The zero-order chi connectivity index (χ0) is 14.5. The fraction of sp³-hybridized carbons (Fsp3) is 0.538. The number of carboxylic acid groups (broad SMARTS) is 1. The van der Waals surface area contributed by atoms with Gasteiger partial charge < -0.3 is 15.2 Å². The molecule has 1 aromatic heterocycles. The number of carbonyl (C=O) groups is 2. The molecule has 20 heavy (non-hydrogen) atoms. The van der Waals surface area contributed by atoms with E-state index in [0.717, 1.165) is 35.5 Å². The van der Waals surface area contributed by atoms with E-state index < -0.39 is 5.97 Å². The molecule has 0 bridgehead atoms. The Labute approximate surface area is 125 Å². The van der Waals surface area contributed by atoms with Gasteiger partial charge in [-0.25, -0.2) is 4.79 Å². The van der Waals surface area contributed by atoms with Gasteiger partial charge >= 0.3 is 5.97 Å². The molecule has 0 aliphatic heterocycles. The number of nitrogens with one attached hydrogen (secondary N) is 1. The molecule has 0 saturated heterocycles. The van der Waals surface area contributed by atoms with Gasteiger partial charge in [-0.3, -0.25) is 4.79 Å². The van der Waals surface area contributed by atoms with E-state index in [1.165, 1.54) is 23.1 Å². The molecule has 0 spiro atoms. The second-order valence-corrected chi connectivity index (χ2v) is 6.67. The number of thioether (sulfide) groups is 1. The van der Waals surface area contributed by atoms with Crippen molar-refractivity contribution in [2.24, 2.45) is 0 Å². The monoisotopic (exact) mass is 315 g/mol. The van der Waals surface area contributed by atoms with Crippen LogP contribution in [-0.4, -0.2) is 42.2 Å². The van der Waals surface area contributed by atoms with Gasteiger partial charge in [-0.1, -0.05) is 0 Å². The Morgan fingerprint density at radius 2 is 2.25 bits per heavy atom. The van der Waals surface area contributed by atoms with Crippen LogP contribution >= 0.6 is 23.1 Å². The van der Waals surface area contributed by atoms with E-state index in [0.29, 0.717) is 17.4 Å². The topological polar surface area (TPSA) is 75.6 Å². The van der Waals surface area contributed by atoms with Gasteiger partial charge in [0.1, 0.15) is 5.00 Å². The Morgan fingerprint density at radius 1 is 1.45 bits per heavy atom. The molecule has 0 aromatic carbocycles. The maximum Gasteiger partial charge on any atom is 0.339 e. The molecule has 2 N–H and O–H groups in total. The lowest BCUT2D eigenvalue weighted by atomic mass is 10.1. The zero-order valence-electron chi connectivity index (χ0n) is 11.2. The molecule has 0 radical (unpaired) electrons. The molecule has 110 valence electrons. The predicted octanol–water partition coefficient (Wildman–Crippen LogP) is 2.25. The predicted molar refractivity (Wildman–Crippen MR) is 81.1 cm³/mol. The van der Waals surface area contributed by atoms with E-state index in [-0.39, 0.29) is 11.5 Å². The van der Waals surface area contributed by atoms with Gasteiger partial charge in [0.05, 0.1) is 17.9 Å². The SMILES string of the molecule is COCCSCC(=O)Nc1sc2c(c1C(=O)O)CCC2. The summed E-state index contributed by atoms with van der Waals surface area (Å²) in [5, 5.41) is 12.5. The number of methoxy groups -OCH3 is 1. The summed E-state index contributed by atoms with van der Waals surface area (Å²) in [6, 6.07) is 0. The van der Waals surface area contributed by atoms with Gasteiger partial charge in [-0.15, -0.1) is 23.1 Å². The van der Waals surface area contributed by atoms with E-state index in [1.54, 1.807) is 7.11 Å². The van der Waals surface area contributed by atoms with Crippen molar-refractivity contribution in [3.8, 4) is 0 Å². The van der Waals surface area contributed by atoms with Crippen LogP contribution in [0.2, 0.25) is 0 Å². The quantitative estimate of drug-likeness (QED) is 0.755. The van der Waals surface area contributed by atoms with E-state index in [2.05, 4.69) is 5.32 Å². The van der Waals surface area contributed by atoms with Gasteiger partial charge in [0.2, 0.25) is 5.91 Å². The van der Waals surface area contributed by atoms with Gasteiger partial charge in [0, 0.05) is 17.7 Å². The van der Waals surface area contributed by atoms with Crippen LogP contribution in [0.5, 0.6) is 0 Å². The molecular weight excluding hydrogens is 298 g/mol. The maximum absolute atomic E-state index is 11.8. The lowest BCUT2D eigenvalue weighted by Crippen LogP contribution is -2.16. The summed E-state index contributed by atoms with van der Waals surface area (Å²) in [6.45, 7) is 0.603. The number of carboxylic acids is 1. The van der Waals surface area contributed by atoms with Crippen molar-refractivity contribution in [1.29, 1.82) is 0 Å². The van der Waals surface area contributed by atoms with Gasteiger partial charge in [-0.05, 0) is 24.8 Å². The number of hydrogen-bond donors (Lipinski definition) is 2. The smallest absolute Gasteiger partial charge is 0.339 e. The molecule has 1 amide bonds. The summed E-state index contributed by atoms with van der Waals surface area (Å²) in [5.74, 6) is -0.0537. The van der Waals surface area contributed by atoms with E-state index in [4.69, 9.17) is 4.74 Å². The number of anilines is 1. The number of rotatable bonds is 7. The summed E-state index contributed by atoms with van der Waals surface area (Å²) in [4.78, 5) is 24.3. The third-order valence-corrected chi connectivity index (χ3v) is 5.18. The van der Waals surface area contributed by atoms with Crippen LogP contribution < -0.4 is 5.32 Å². The summed E-state index contributed by atoms with van der Waals surface area (Å²) in [5.41, 5.74) is 1.20. The molecule has 1 aliphatic carbocycles. The molecule has 1 heterocycles. The number of carbonyl (C=O) groups excluding carboxylic acids is 1. The highest BCUT2D eigenvalue weighted by Gasteiger charge is 2.26. The molecular formula is C13H17NO4S2. The van der Waals surface area contributed by atoms with Gasteiger partial charge in [-0.2, -0.15) is 0 Å². The van der Waals surface area contributed by atoms with Crippen LogP contribution in [-0.2, 0) is 22.4 Å². The van der Waals surface area contributed by atoms with Crippen LogP contribution in [0.25, 0.3) is 0 Å². The van der Waals surface area contributed by atoms with Crippen LogP contribution in [0.1, 0.15) is 27.2 Å². The standard InChI is InChI=1S/C13H17NO4S2/c1-18-5-6-19-7-10(15)14-12-11(13(16)17)8-3-2-4-9(8)20-12/h2-7H2,1H3,(H,14,15)(H,16,17). The molecule has 0 unspecified atom stereocenters. The number of aryl methyl sites for hydroxylation is 1. The number of fused-ring (bicyclic) bond motifs is 1. The van der Waals surface area contributed by atoms with E-state index in [1.807, 2.05) is 0 Å². The molecule has 0 fully saturated rings. The van der Waals surface area contributed by atoms with Crippen LogP contribution in [0.4, 0.5) is 5.00 Å². The van der Waals surface area contributed by atoms with Crippen molar-refractivity contribution >= 4 is 40.0 Å². The Hall–Kier alpha value is -1.05. The lowest BCUT2D eigenvalue weighted by molar-refractivity contribution is -0.113. The number of amides is 1. The van der Waals surface area contributed by atoms with Crippen molar-refractivity contribution in [2.45, 2.75) is 19.3 Å². The highest BCUT2D eigenvalue weighted by atomic mass is 32.2. The lowest BCUT2D eigenvalue weighted by Gasteiger charge is -2.05. The third-order valence-electron chi connectivity index (χ3n) is 3.05. The normalized spacial score (nSPS) is 13.2. The zero-order valence-corrected chi connectivity index (χ0v) is 12.9. The highest BCUT2D eigenvalue weighted by molar-refractivity contribution is 7.99. The van der Waals surface area contributed by atoms with E-state index >= 15 is 0 Å². The first-order chi connectivity index (χ1) is 9.63. The Balaban J connectivity index is 1.99. The van der Waals surface area contributed by atoms with Gasteiger partial charge in [0.15, 0.2) is 0 Å². The summed E-state index contributed by atoms with van der Waals surface area (Å²) >= 11 is 2.87. The Morgan fingerprint density at radius 3 is 2.95 bits per heavy atom. The average molecular weight is 315 g/mol. The molecule has 0 atom stereocenters. The number of ether oxygens (including phenoxy) is 1. The first-order valence-electron chi connectivity index (χ1n) is 6.38. The van der Waals surface area contributed by atoms with Crippen molar-refractivity contribution in [2.75, 3.05) is 30.5 Å². The Bertz CT molecular complexity index is 513. The van der Waals surface area contributed by atoms with Crippen molar-refractivity contribution in [3.05, 3.63) is 16.0 Å². The molecule has 2 rings (SSSR count). The van der Waals surface area contributed by atoms with Crippen LogP contribution in [0.15, 0.2) is 0 Å². The first-order valence-corrected chi connectivity index (χ1v) is 8.35. The highest BCUT2D eigenvalue weighted by Crippen LogP contribution is 2.39. The minimum absolute atomic E-state index is 0.159. The summed E-state index contributed by atoms with van der Waals surface area (Å²) in [7, 11) is 1.62. The largest absolute Gasteiger partial charge is 0.478 e. The number of aromatic carboxylic acids is 1. The maximum atomic E-state index is 11.8. The van der Waals surface area contributed by atoms with Crippen molar-refractivity contribution < 1.29 is 19.4 Å². The second-order valence-electron chi connectivity index (χ2n) is 4.46. The van der Waals surface area contributed by atoms with Crippen LogP contribution in [0.3, 0.4) is 0 Å². The van der Waals surface area contributed by atoms with E-state index in [9.17, 15) is 14.7 Å². The van der Waals surface area contributed by atoms with Gasteiger partial charge in [0.25, 0.3) is 0 Å². The van der Waals surface area contributed by atoms with Crippen molar-refractivity contribution in [1.82, 2.24) is 0 Å². The summed E-state index contributed by atoms with van der Waals surface area (Å²) in [6.07, 6.45) is 2.72. The molecule has 0 saturated carbocycles. The molecule has 7 heteroatoms. The minimum atomic E-state index is -0.952. The molecule has 1 aliphatic rings. The fourth-order valence-corrected chi connectivity index (χ4v) is 4.17. The average Bonchev–Trinajstić information content (AvgIpc) is 2.94. The van der Waals surface area contributed by atoms with Crippen molar-refractivity contribution in [3.63, 3.8) is 0 Å². The fourth-order valence-electron chi connectivity index (χ4n) is 2.19.